The fraction of sp³-hybridized carbons (Fsp3) is 0.350. The first-order valence-electron chi connectivity index (χ1n) is 8.63. The van der Waals surface area contributed by atoms with Crippen molar-refractivity contribution < 1.29 is 9.00 Å². The molecule has 0 saturated heterocycles. The first-order valence-corrected chi connectivity index (χ1v) is 10.1. The van der Waals surface area contributed by atoms with Crippen LogP contribution in [0.2, 0.25) is 0 Å². The topological polar surface area (TPSA) is 72.2 Å². The van der Waals surface area contributed by atoms with Gasteiger partial charge >= 0.3 is 0 Å². The first-order chi connectivity index (χ1) is 12.0. The maximum absolute atomic E-state index is 12.4. The van der Waals surface area contributed by atoms with Crippen LogP contribution in [0.5, 0.6) is 0 Å². The molecule has 132 valence electrons. The number of nitrogens with two attached hydrogens (primary N) is 1. The molecule has 0 heterocycles. The molecular formula is C20H24N2O2S. The maximum atomic E-state index is 12.4. The number of benzene rings is 2. The second-order valence-electron chi connectivity index (χ2n) is 6.73. The monoisotopic (exact) mass is 356 g/mol. The van der Waals surface area contributed by atoms with Crippen molar-refractivity contribution in [3.63, 3.8) is 0 Å². The Labute approximate surface area is 151 Å². The molecule has 0 spiro atoms. The highest BCUT2D eigenvalue weighted by Gasteiger charge is 2.36. The number of carbonyl (C=O) groups is 1. The molecule has 0 bridgehead atoms. The SMILES string of the molecule is NC1(C(=O)Nc2cccc(CS(=O)Cc3ccccc3)c2)CCCC1. The number of hydrogen-bond acceptors (Lipinski definition) is 3. The summed E-state index contributed by atoms with van der Waals surface area (Å²) >= 11 is 0. The van der Waals surface area contributed by atoms with Crippen molar-refractivity contribution in [3.8, 4) is 0 Å². The molecular weight excluding hydrogens is 332 g/mol. The van der Waals surface area contributed by atoms with Gasteiger partial charge in [-0.15, -0.1) is 0 Å². The van der Waals surface area contributed by atoms with E-state index in [4.69, 9.17) is 5.73 Å². The highest BCUT2D eigenvalue weighted by Crippen LogP contribution is 2.28. The van der Waals surface area contributed by atoms with E-state index in [-0.39, 0.29) is 5.91 Å². The molecule has 1 aliphatic carbocycles. The molecule has 1 unspecified atom stereocenters. The van der Waals surface area contributed by atoms with E-state index in [2.05, 4.69) is 5.32 Å². The van der Waals surface area contributed by atoms with Gasteiger partial charge in [-0.05, 0) is 36.1 Å². The second-order valence-corrected chi connectivity index (χ2v) is 8.19. The number of carbonyl (C=O) groups excluding carboxylic acids is 1. The van der Waals surface area contributed by atoms with Gasteiger partial charge in [0.05, 0.1) is 5.54 Å². The van der Waals surface area contributed by atoms with Crippen LogP contribution in [0.1, 0.15) is 36.8 Å². The fourth-order valence-corrected chi connectivity index (χ4v) is 4.44. The zero-order valence-electron chi connectivity index (χ0n) is 14.2. The minimum Gasteiger partial charge on any atom is -0.324 e. The Morgan fingerprint density at radius 3 is 2.36 bits per heavy atom. The van der Waals surface area contributed by atoms with Gasteiger partial charge in [0.15, 0.2) is 0 Å². The van der Waals surface area contributed by atoms with Gasteiger partial charge in [-0.1, -0.05) is 55.3 Å². The van der Waals surface area contributed by atoms with Crippen molar-refractivity contribution >= 4 is 22.4 Å². The Hall–Kier alpha value is -1.98. The standard InChI is InChI=1S/C20H24N2O2S/c21-20(11-4-5-12-20)19(23)22-18-10-6-9-17(13-18)15-25(24)14-16-7-2-1-3-8-16/h1-3,6-10,13H,4-5,11-12,14-15,21H2,(H,22,23). The lowest BCUT2D eigenvalue weighted by atomic mass is 9.98. The summed E-state index contributed by atoms with van der Waals surface area (Å²) in [5.41, 5.74) is 8.18. The second kappa shape index (κ2) is 7.93. The van der Waals surface area contributed by atoms with Crippen molar-refractivity contribution in [2.45, 2.75) is 42.7 Å². The van der Waals surface area contributed by atoms with E-state index in [9.17, 15) is 9.00 Å². The summed E-state index contributed by atoms with van der Waals surface area (Å²) in [6.45, 7) is 0. The van der Waals surface area contributed by atoms with E-state index in [0.717, 1.165) is 42.5 Å². The van der Waals surface area contributed by atoms with Gasteiger partial charge in [0.1, 0.15) is 0 Å². The van der Waals surface area contributed by atoms with Gasteiger partial charge in [-0.2, -0.15) is 0 Å². The first kappa shape index (κ1) is 17.8. The zero-order valence-corrected chi connectivity index (χ0v) is 15.1. The molecule has 2 aromatic rings. The highest BCUT2D eigenvalue weighted by molar-refractivity contribution is 7.83. The van der Waals surface area contributed by atoms with Crippen LogP contribution in [0.4, 0.5) is 5.69 Å². The number of hydrogen-bond donors (Lipinski definition) is 2. The van der Waals surface area contributed by atoms with Crippen LogP contribution < -0.4 is 11.1 Å². The van der Waals surface area contributed by atoms with Crippen molar-refractivity contribution in [1.82, 2.24) is 0 Å². The molecule has 4 nitrogen and oxygen atoms in total. The molecule has 1 aliphatic rings. The van der Waals surface area contributed by atoms with Crippen LogP contribution in [-0.2, 0) is 27.1 Å². The van der Waals surface area contributed by atoms with Gasteiger partial charge < -0.3 is 11.1 Å². The summed E-state index contributed by atoms with van der Waals surface area (Å²) < 4.78 is 12.4. The van der Waals surface area contributed by atoms with E-state index in [0.29, 0.717) is 11.5 Å². The minimum absolute atomic E-state index is 0.118. The molecule has 1 fully saturated rings. The summed E-state index contributed by atoms with van der Waals surface area (Å²) in [5.74, 6) is 0.878. The number of amides is 1. The van der Waals surface area contributed by atoms with Gasteiger partial charge in [0.2, 0.25) is 5.91 Å². The van der Waals surface area contributed by atoms with E-state index in [1.54, 1.807) is 0 Å². The Balaban J connectivity index is 1.61. The number of anilines is 1. The van der Waals surface area contributed by atoms with Gasteiger partial charge in [-0.3, -0.25) is 9.00 Å². The quantitative estimate of drug-likeness (QED) is 0.834. The molecule has 1 saturated carbocycles. The number of nitrogens with one attached hydrogen (secondary N) is 1. The summed E-state index contributed by atoms with van der Waals surface area (Å²) in [6, 6.07) is 17.4. The molecule has 2 aromatic carbocycles. The summed E-state index contributed by atoms with van der Waals surface area (Å²) in [5, 5.41) is 2.92. The third-order valence-electron chi connectivity index (χ3n) is 4.63. The molecule has 0 aromatic heterocycles. The smallest absolute Gasteiger partial charge is 0.244 e. The van der Waals surface area contributed by atoms with E-state index in [1.165, 1.54) is 0 Å². The van der Waals surface area contributed by atoms with Gasteiger partial charge in [-0.25, -0.2) is 0 Å². The lowest BCUT2D eigenvalue weighted by Gasteiger charge is -2.22. The van der Waals surface area contributed by atoms with Crippen LogP contribution in [0.3, 0.4) is 0 Å². The van der Waals surface area contributed by atoms with E-state index >= 15 is 0 Å². The predicted molar refractivity (Wildman–Crippen MR) is 102 cm³/mol. The van der Waals surface area contributed by atoms with Crippen molar-refractivity contribution in [2.75, 3.05) is 5.32 Å². The zero-order chi connectivity index (χ0) is 17.7. The lowest BCUT2D eigenvalue weighted by molar-refractivity contribution is -0.121. The van der Waals surface area contributed by atoms with Crippen molar-refractivity contribution in [1.29, 1.82) is 0 Å². The normalized spacial score (nSPS) is 17.2. The van der Waals surface area contributed by atoms with Crippen LogP contribution in [0.25, 0.3) is 0 Å². The Morgan fingerprint density at radius 1 is 1.00 bits per heavy atom. The number of rotatable bonds is 6. The van der Waals surface area contributed by atoms with Crippen molar-refractivity contribution in [2.24, 2.45) is 5.73 Å². The Bertz CT molecular complexity index is 755. The summed E-state index contributed by atoms with van der Waals surface area (Å²) in [4.78, 5) is 12.4. The van der Waals surface area contributed by atoms with Crippen molar-refractivity contribution in [3.05, 3.63) is 65.7 Å². The largest absolute Gasteiger partial charge is 0.324 e. The summed E-state index contributed by atoms with van der Waals surface area (Å²) in [6.07, 6.45) is 3.48. The van der Waals surface area contributed by atoms with Crippen LogP contribution >= 0.6 is 0 Å². The molecule has 5 heteroatoms. The Kier molecular flexibility index (Phi) is 5.66. The molecule has 3 rings (SSSR count). The van der Waals surface area contributed by atoms with Gasteiger partial charge in [0.25, 0.3) is 0 Å². The fourth-order valence-electron chi connectivity index (χ4n) is 3.22. The third kappa shape index (κ3) is 4.77. The van der Waals surface area contributed by atoms with Crippen LogP contribution in [0, 0.1) is 0 Å². The molecule has 25 heavy (non-hydrogen) atoms. The average Bonchev–Trinajstić information content (AvgIpc) is 3.04. The van der Waals surface area contributed by atoms with E-state index < -0.39 is 16.3 Å². The molecule has 0 radical (unpaired) electrons. The predicted octanol–water partition coefficient (Wildman–Crippen LogP) is 3.35. The maximum Gasteiger partial charge on any atom is 0.244 e. The lowest BCUT2D eigenvalue weighted by Crippen LogP contribution is -2.48. The van der Waals surface area contributed by atoms with Crippen LogP contribution in [-0.4, -0.2) is 15.7 Å². The van der Waals surface area contributed by atoms with Gasteiger partial charge in [0, 0.05) is 28.0 Å². The molecule has 0 aliphatic heterocycles. The van der Waals surface area contributed by atoms with E-state index in [1.807, 2.05) is 54.6 Å². The average molecular weight is 356 g/mol. The molecule has 3 N–H and O–H groups in total. The third-order valence-corrected chi connectivity index (χ3v) is 5.94. The molecule has 1 amide bonds. The minimum atomic E-state index is -0.991. The highest BCUT2D eigenvalue weighted by atomic mass is 32.2. The van der Waals surface area contributed by atoms with Crippen LogP contribution in [0.15, 0.2) is 54.6 Å². The summed E-state index contributed by atoms with van der Waals surface area (Å²) in [7, 11) is -0.991. The molecule has 1 atom stereocenters. The Morgan fingerprint density at radius 2 is 1.64 bits per heavy atom.